The van der Waals surface area contributed by atoms with E-state index in [1.54, 1.807) is 0 Å². The number of benzene rings is 2. The third kappa shape index (κ3) is 7.06. The molecule has 0 saturated heterocycles. The molecular formula is C21H25BrN2O3. The van der Waals surface area contributed by atoms with Crippen molar-refractivity contribution in [3.05, 3.63) is 57.6 Å². The number of aryl methyl sites for hydroxylation is 3. The van der Waals surface area contributed by atoms with Gasteiger partial charge in [0.1, 0.15) is 5.75 Å². The van der Waals surface area contributed by atoms with Gasteiger partial charge >= 0.3 is 0 Å². The van der Waals surface area contributed by atoms with Crippen LogP contribution in [-0.2, 0) is 9.59 Å². The van der Waals surface area contributed by atoms with Crippen molar-refractivity contribution in [1.29, 1.82) is 0 Å². The number of hydrogen-bond acceptors (Lipinski definition) is 3. The summed E-state index contributed by atoms with van der Waals surface area (Å²) in [5.74, 6) is 0.489. The second-order valence-electron chi connectivity index (χ2n) is 6.45. The van der Waals surface area contributed by atoms with Gasteiger partial charge in [-0.2, -0.15) is 0 Å². The molecule has 2 aromatic rings. The molecule has 0 heterocycles. The van der Waals surface area contributed by atoms with Crippen molar-refractivity contribution in [3.8, 4) is 5.75 Å². The van der Waals surface area contributed by atoms with Gasteiger partial charge in [-0.25, -0.2) is 0 Å². The van der Waals surface area contributed by atoms with Crippen LogP contribution in [0.4, 0.5) is 5.69 Å². The van der Waals surface area contributed by atoms with Crippen molar-refractivity contribution < 1.29 is 14.3 Å². The topological polar surface area (TPSA) is 67.4 Å². The molecule has 0 radical (unpaired) electrons. The minimum atomic E-state index is -0.136. The van der Waals surface area contributed by atoms with Crippen molar-refractivity contribution >= 4 is 33.4 Å². The van der Waals surface area contributed by atoms with Crippen LogP contribution in [0.15, 0.2) is 40.9 Å². The van der Waals surface area contributed by atoms with E-state index in [2.05, 4.69) is 26.6 Å². The zero-order valence-corrected chi connectivity index (χ0v) is 17.5. The number of ether oxygens (including phenoxy) is 1. The van der Waals surface area contributed by atoms with Gasteiger partial charge in [-0.05, 0) is 61.7 Å². The zero-order chi connectivity index (χ0) is 19.8. The molecule has 0 aliphatic rings. The van der Waals surface area contributed by atoms with Gasteiger partial charge in [0, 0.05) is 23.1 Å². The lowest BCUT2D eigenvalue weighted by molar-refractivity contribution is -0.121. The van der Waals surface area contributed by atoms with E-state index in [1.807, 2.05) is 57.2 Å². The van der Waals surface area contributed by atoms with Crippen molar-refractivity contribution in [2.45, 2.75) is 33.6 Å². The molecule has 0 aromatic heterocycles. The number of rotatable bonds is 8. The molecular weight excluding hydrogens is 408 g/mol. The maximum Gasteiger partial charge on any atom is 0.226 e. The monoisotopic (exact) mass is 432 g/mol. The van der Waals surface area contributed by atoms with Crippen LogP contribution in [0.3, 0.4) is 0 Å². The summed E-state index contributed by atoms with van der Waals surface area (Å²) in [6.45, 7) is 6.59. The Balaban J connectivity index is 1.65. The fourth-order valence-corrected chi connectivity index (χ4v) is 2.77. The Bertz CT molecular complexity index is 821. The van der Waals surface area contributed by atoms with E-state index in [4.69, 9.17) is 4.74 Å². The first-order chi connectivity index (χ1) is 12.8. The smallest absolute Gasteiger partial charge is 0.226 e. The molecule has 6 heteroatoms. The Morgan fingerprint density at radius 1 is 0.926 bits per heavy atom. The van der Waals surface area contributed by atoms with Crippen LogP contribution in [-0.4, -0.2) is 25.0 Å². The molecule has 0 atom stereocenters. The molecule has 144 valence electrons. The molecule has 0 fully saturated rings. The maximum atomic E-state index is 12.0. The van der Waals surface area contributed by atoms with E-state index >= 15 is 0 Å². The first kappa shape index (κ1) is 21.0. The molecule has 5 nitrogen and oxygen atoms in total. The van der Waals surface area contributed by atoms with Gasteiger partial charge in [0.05, 0.1) is 13.0 Å². The Morgan fingerprint density at radius 3 is 2.41 bits per heavy atom. The Hall–Kier alpha value is -2.34. The fourth-order valence-electron chi connectivity index (χ4n) is 2.41. The number of carbonyl (C=O) groups excluding carboxylic acids is 2. The maximum absolute atomic E-state index is 12.0. The highest BCUT2D eigenvalue weighted by Gasteiger charge is 2.07. The van der Waals surface area contributed by atoms with Crippen LogP contribution in [0.1, 0.15) is 29.5 Å². The van der Waals surface area contributed by atoms with Crippen molar-refractivity contribution in [2.75, 3.05) is 18.5 Å². The summed E-state index contributed by atoms with van der Waals surface area (Å²) < 4.78 is 6.50. The van der Waals surface area contributed by atoms with Crippen molar-refractivity contribution in [2.24, 2.45) is 0 Å². The molecule has 2 N–H and O–H groups in total. The molecule has 0 unspecified atom stereocenters. The molecule has 2 amide bonds. The first-order valence-electron chi connectivity index (χ1n) is 8.88. The van der Waals surface area contributed by atoms with E-state index < -0.39 is 0 Å². The molecule has 2 aromatic carbocycles. The number of halogens is 1. The number of carbonyl (C=O) groups is 2. The van der Waals surface area contributed by atoms with Gasteiger partial charge in [-0.3, -0.25) is 9.59 Å². The molecule has 2 rings (SSSR count). The molecule has 0 saturated carbocycles. The largest absolute Gasteiger partial charge is 0.493 e. The molecule has 0 aliphatic heterocycles. The van der Waals surface area contributed by atoms with Crippen LogP contribution in [0, 0.1) is 20.8 Å². The average Bonchev–Trinajstić information content (AvgIpc) is 2.61. The number of anilines is 1. The average molecular weight is 433 g/mol. The van der Waals surface area contributed by atoms with Gasteiger partial charge in [0.15, 0.2) is 0 Å². The van der Waals surface area contributed by atoms with Crippen LogP contribution >= 0.6 is 15.9 Å². The first-order valence-corrected chi connectivity index (χ1v) is 9.67. The fraction of sp³-hybridized carbons (Fsp3) is 0.333. The summed E-state index contributed by atoms with van der Waals surface area (Å²) >= 11 is 3.39. The Morgan fingerprint density at radius 2 is 1.67 bits per heavy atom. The Labute approximate surface area is 168 Å². The third-order valence-electron chi connectivity index (χ3n) is 4.22. The lowest BCUT2D eigenvalue weighted by atomic mass is 10.1. The van der Waals surface area contributed by atoms with Crippen LogP contribution in [0.2, 0.25) is 0 Å². The number of amides is 2. The van der Waals surface area contributed by atoms with E-state index in [1.165, 1.54) is 5.56 Å². The quantitative estimate of drug-likeness (QED) is 0.653. The second-order valence-corrected chi connectivity index (χ2v) is 7.37. The second kappa shape index (κ2) is 10.1. The normalized spacial score (nSPS) is 10.4. The summed E-state index contributed by atoms with van der Waals surface area (Å²) in [5, 5.41) is 5.60. The number of hydrogen-bond donors (Lipinski definition) is 2. The van der Waals surface area contributed by atoms with E-state index in [-0.39, 0.29) is 24.7 Å². The Kier molecular flexibility index (Phi) is 7.85. The standard InChI is InChI=1S/C21H25BrN2O3/c1-14-5-7-18(12-16(14)3)27-11-9-20(25)23-10-8-21(26)24-19-13-17(22)6-4-15(19)2/h4-7,12-13H,8-11H2,1-3H3,(H,23,25)(H,24,26). The van der Waals surface area contributed by atoms with Gasteiger partial charge in [-0.1, -0.05) is 28.1 Å². The van der Waals surface area contributed by atoms with Gasteiger partial charge in [0.25, 0.3) is 0 Å². The SMILES string of the molecule is Cc1ccc(OCCC(=O)NCCC(=O)Nc2cc(Br)ccc2C)cc1C. The van der Waals surface area contributed by atoms with Gasteiger partial charge in [0.2, 0.25) is 11.8 Å². The molecule has 0 spiro atoms. The van der Waals surface area contributed by atoms with Crippen LogP contribution in [0.5, 0.6) is 5.75 Å². The highest BCUT2D eigenvalue weighted by molar-refractivity contribution is 9.10. The third-order valence-corrected chi connectivity index (χ3v) is 4.72. The lowest BCUT2D eigenvalue weighted by Gasteiger charge is -2.10. The zero-order valence-electron chi connectivity index (χ0n) is 15.9. The summed E-state index contributed by atoms with van der Waals surface area (Å²) in [6, 6.07) is 11.6. The summed E-state index contributed by atoms with van der Waals surface area (Å²) in [4.78, 5) is 23.9. The summed E-state index contributed by atoms with van der Waals surface area (Å²) in [5.41, 5.74) is 4.11. The van der Waals surface area contributed by atoms with E-state index in [9.17, 15) is 9.59 Å². The molecule has 27 heavy (non-hydrogen) atoms. The predicted molar refractivity (Wildman–Crippen MR) is 111 cm³/mol. The number of nitrogens with one attached hydrogen (secondary N) is 2. The van der Waals surface area contributed by atoms with E-state index in [0.29, 0.717) is 13.2 Å². The minimum absolute atomic E-state index is 0.134. The van der Waals surface area contributed by atoms with Crippen LogP contribution < -0.4 is 15.4 Å². The lowest BCUT2D eigenvalue weighted by Crippen LogP contribution is -2.28. The van der Waals surface area contributed by atoms with Crippen molar-refractivity contribution in [3.63, 3.8) is 0 Å². The van der Waals surface area contributed by atoms with Crippen molar-refractivity contribution in [1.82, 2.24) is 5.32 Å². The predicted octanol–water partition coefficient (Wildman–Crippen LogP) is 4.29. The highest BCUT2D eigenvalue weighted by Crippen LogP contribution is 2.20. The highest BCUT2D eigenvalue weighted by atomic mass is 79.9. The van der Waals surface area contributed by atoms with Gasteiger partial charge < -0.3 is 15.4 Å². The summed E-state index contributed by atoms with van der Waals surface area (Å²) in [6.07, 6.45) is 0.467. The molecule has 0 bridgehead atoms. The minimum Gasteiger partial charge on any atom is -0.493 e. The van der Waals surface area contributed by atoms with E-state index in [0.717, 1.165) is 27.0 Å². The van der Waals surface area contributed by atoms with Crippen LogP contribution in [0.25, 0.3) is 0 Å². The summed E-state index contributed by atoms with van der Waals surface area (Å²) in [7, 11) is 0. The molecule has 0 aliphatic carbocycles. The van der Waals surface area contributed by atoms with Gasteiger partial charge in [-0.15, -0.1) is 0 Å².